The molecule has 0 saturated carbocycles. The Kier molecular flexibility index (Phi) is 4.92. The summed E-state index contributed by atoms with van der Waals surface area (Å²) in [5.41, 5.74) is 0.170. The molecule has 1 rings (SSSR count). The van der Waals surface area contributed by atoms with Crippen LogP contribution < -0.4 is 10.6 Å². The number of carboxylic acids is 1. The molecule has 0 aliphatic rings. The number of nitrogens with one attached hydrogen (secondary N) is 2. The maximum atomic E-state index is 11.8. The van der Waals surface area contributed by atoms with E-state index in [2.05, 4.69) is 10.6 Å². The molecule has 5 nitrogen and oxygen atoms in total. The molecule has 2 amide bonds. The molecule has 104 valence electrons. The highest BCUT2D eigenvalue weighted by molar-refractivity contribution is 5.83. The average molecular weight is 264 g/mol. The first-order chi connectivity index (χ1) is 8.85. The molecule has 1 atom stereocenters. The van der Waals surface area contributed by atoms with Gasteiger partial charge in [-0.15, -0.1) is 0 Å². The van der Waals surface area contributed by atoms with Crippen LogP contribution in [0.2, 0.25) is 0 Å². The summed E-state index contributed by atoms with van der Waals surface area (Å²) in [5.74, 6) is -1.09. The summed E-state index contributed by atoms with van der Waals surface area (Å²) in [6, 6.07) is 7.08. The van der Waals surface area contributed by atoms with Crippen molar-refractivity contribution in [1.82, 2.24) is 10.6 Å². The average Bonchev–Trinajstić information content (AvgIpc) is 2.36. The molecular formula is C14H20N2O3. The zero-order chi connectivity index (χ0) is 14.5. The van der Waals surface area contributed by atoms with Crippen LogP contribution in [0.4, 0.5) is 4.79 Å². The second kappa shape index (κ2) is 6.22. The maximum absolute atomic E-state index is 11.8. The van der Waals surface area contributed by atoms with E-state index >= 15 is 0 Å². The fraction of sp³-hybridized carbons (Fsp3) is 0.429. The molecule has 0 heterocycles. The topological polar surface area (TPSA) is 78.4 Å². The predicted molar refractivity (Wildman–Crippen MR) is 72.9 cm³/mol. The van der Waals surface area contributed by atoms with Crippen molar-refractivity contribution < 1.29 is 14.7 Å². The summed E-state index contributed by atoms with van der Waals surface area (Å²) in [6.07, 6.45) is 0.753. The van der Waals surface area contributed by atoms with Crippen LogP contribution in [-0.2, 0) is 4.79 Å². The SMILES string of the molecule is CCC(C)(C)NC(=O)N[C@H](C(=O)O)c1ccccc1. The Balaban J connectivity index is 2.76. The largest absolute Gasteiger partial charge is 0.479 e. The van der Waals surface area contributed by atoms with E-state index in [1.165, 1.54) is 0 Å². The Hall–Kier alpha value is -2.04. The third kappa shape index (κ3) is 4.62. The van der Waals surface area contributed by atoms with Crippen LogP contribution >= 0.6 is 0 Å². The van der Waals surface area contributed by atoms with Crippen molar-refractivity contribution in [3.63, 3.8) is 0 Å². The van der Waals surface area contributed by atoms with Gasteiger partial charge in [-0.3, -0.25) is 0 Å². The standard InChI is InChI=1S/C14H20N2O3/c1-4-14(2,3)16-13(19)15-11(12(17)18)10-8-6-5-7-9-10/h5-9,11H,4H2,1-3H3,(H,17,18)(H2,15,16,19)/t11-/m0/s1. The van der Waals surface area contributed by atoms with Crippen molar-refractivity contribution in [2.24, 2.45) is 0 Å². The van der Waals surface area contributed by atoms with E-state index in [1.807, 2.05) is 20.8 Å². The molecule has 0 saturated heterocycles. The van der Waals surface area contributed by atoms with E-state index in [9.17, 15) is 14.7 Å². The number of amides is 2. The quantitative estimate of drug-likeness (QED) is 0.763. The summed E-state index contributed by atoms with van der Waals surface area (Å²) in [5, 5.41) is 14.4. The van der Waals surface area contributed by atoms with Gasteiger partial charge < -0.3 is 15.7 Å². The molecule has 0 radical (unpaired) electrons. The Morgan fingerprint density at radius 1 is 1.26 bits per heavy atom. The third-order valence-corrected chi connectivity index (χ3v) is 2.99. The van der Waals surface area contributed by atoms with Crippen molar-refractivity contribution in [2.45, 2.75) is 38.8 Å². The molecule has 0 aliphatic heterocycles. The number of carbonyl (C=O) groups is 2. The maximum Gasteiger partial charge on any atom is 0.330 e. The smallest absolute Gasteiger partial charge is 0.330 e. The molecule has 0 unspecified atom stereocenters. The van der Waals surface area contributed by atoms with Gasteiger partial charge in [0.05, 0.1) is 0 Å². The van der Waals surface area contributed by atoms with Gasteiger partial charge in [0.15, 0.2) is 6.04 Å². The highest BCUT2D eigenvalue weighted by atomic mass is 16.4. The Labute approximate surface area is 113 Å². The van der Waals surface area contributed by atoms with Gasteiger partial charge in [0.2, 0.25) is 0 Å². The Morgan fingerprint density at radius 3 is 2.32 bits per heavy atom. The normalized spacial score (nSPS) is 12.6. The lowest BCUT2D eigenvalue weighted by Crippen LogP contribution is -2.49. The van der Waals surface area contributed by atoms with Crippen LogP contribution in [0.15, 0.2) is 30.3 Å². The molecule has 19 heavy (non-hydrogen) atoms. The van der Waals surface area contributed by atoms with Crippen LogP contribution in [0.1, 0.15) is 38.8 Å². The van der Waals surface area contributed by atoms with Gasteiger partial charge in [0, 0.05) is 5.54 Å². The molecule has 0 bridgehead atoms. The van der Waals surface area contributed by atoms with E-state index in [1.54, 1.807) is 30.3 Å². The van der Waals surface area contributed by atoms with Gasteiger partial charge in [-0.1, -0.05) is 37.3 Å². The minimum absolute atomic E-state index is 0.371. The van der Waals surface area contributed by atoms with Crippen LogP contribution in [0.3, 0.4) is 0 Å². The fourth-order valence-electron chi connectivity index (χ4n) is 1.50. The van der Waals surface area contributed by atoms with Gasteiger partial charge in [-0.25, -0.2) is 9.59 Å². The summed E-state index contributed by atoms with van der Waals surface area (Å²) < 4.78 is 0. The number of hydrogen-bond acceptors (Lipinski definition) is 2. The molecule has 5 heteroatoms. The summed E-state index contributed by atoms with van der Waals surface area (Å²) in [6.45, 7) is 5.71. The lowest BCUT2D eigenvalue weighted by molar-refractivity contribution is -0.139. The summed E-state index contributed by atoms with van der Waals surface area (Å²) in [4.78, 5) is 23.0. The highest BCUT2D eigenvalue weighted by Gasteiger charge is 2.24. The predicted octanol–water partition coefficient (Wildman–Crippen LogP) is 2.30. The van der Waals surface area contributed by atoms with Gasteiger partial charge >= 0.3 is 12.0 Å². The molecule has 0 aliphatic carbocycles. The van der Waals surface area contributed by atoms with Crippen molar-refractivity contribution in [1.29, 1.82) is 0 Å². The van der Waals surface area contributed by atoms with Crippen LogP contribution in [0.25, 0.3) is 0 Å². The Morgan fingerprint density at radius 2 is 1.84 bits per heavy atom. The van der Waals surface area contributed by atoms with Gasteiger partial charge in [0.1, 0.15) is 0 Å². The minimum Gasteiger partial charge on any atom is -0.479 e. The van der Waals surface area contributed by atoms with E-state index in [-0.39, 0.29) is 5.54 Å². The second-order valence-corrected chi connectivity index (χ2v) is 5.02. The molecule has 0 aromatic heterocycles. The van der Waals surface area contributed by atoms with Crippen LogP contribution in [-0.4, -0.2) is 22.6 Å². The van der Waals surface area contributed by atoms with E-state index in [0.717, 1.165) is 6.42 Å². The molecular weight excluding hydrogens is 244 g/mol. The summed E-state index contributed by atoms with van der Waals surface area (Å²) >= 11 is 0. The second-order valence-electron chi connectivity index (χ2n) is 5.02. The lowest BCUT2D eigenvalue weighted by atomic mass is 10.0. The highest BCUT2D eigenvalue weighted by Crippen LogP contribution is 2.13. The number of benzene rings is 1. The van der Waals surface area contributed by atoms with Crippen molar-refractivity contribution in [2.75, 3.05) is 0 Å². The molecule has 1 aromatic carbocycles. The molecule has 1 aromatic rings. The third-order valence-electron chi connectivity index (χ3n) is 2.99. The van der Waals surface area contributed by atoms with E-state index in [0.29, 0.717) is 5.56 Å². The molecule has 3 N–H and O–H groups in total. The fourth-order valence-corrected chi connectivity index (χ4v) is 1.50. The van der Waals surface area contributed by atoms with Gasteiger partial charge in [-0.2, -0.15) is 0 Å². The first-order valence-electron chi connectivity index (χ1n) is 6.22. The lowest BCUT2D eigenvalue weighted by Gasteiger charge is -2.26. The zero-order valence-electron chi connectivity index (χ0n) is 11.4. The minimum atomic E-state index is -1.09. The van der Waals surface area contributed by atoms with Crippen LogP contribution in [0, 0.1) is 0 Å². The van der Waals surface area contributed by atoms with Gasteiger partial charge in [0.25, 0.3) is 0 Å². The number of carboxylic acid groups (broad SMARTS) is 1. The van der Waals surface area contributed by atoms with Crippen LogP contribution in [0.5, 0.6) is 0 Å². The van der Waals surface area contributed by atoms with E-state index in [4.69, 9.17) is 0 Å². The molecule has 0 spiro atoms. The number of hydrogen-bond donors (Lipinski definition) is 3. The van der Waals surface area contributed by atoms with Crippen molar-refractivity contribution in [3.8, 4) is 0 Å². The first-order valence-corrected chi connectivity index (χ1v) is 6.22. The summed E-state index contributed by atoms with van der Waals surface area (Å²) in [7, 11) is 0. The number of urea groups is 1. The number of aliphatic carboxylic acids is 1. The van der Waals surface area contributed by atoms with Crippen molar-refractivity contribution in [3.05, 3.63) is 35.9 Å². The monoisotopic (exact) mass is 264 g/mol. The van der Waals surface area contributed by atoms with E-state index < -0.39 is 18.0 Å². The van der Waals surface area contributed by atoms with Gasteiger partial charge in [-0.05, 0) is 25.8 Å². The first kappa shape index (κ1) is 15.0. The zero-order valence-corrected chi connectivity index (χ0v) is 11.4. The Bertz CT molecular complexity index is 443. The molecule has 0 fully saturated rings. The number of rotatable bonds is 5. The number of carbonyl (C=O) groups excluding carboxylic acids is 1. The van der Waals surface area contributed by atoms with Crippen molar-refractivity contribution >= 4 is 12.0 Å².